The molecule has 17 heavy (non-hydrogen) atoms. The fourth-order valence-corrected chi connectivity index (χ4v) is 2.78. The summed E-state index contributed by atoms with van der Waals surface area (Å²) in [4.78, 5) is 5.01. The minimum atomic E-state index is -0.594. The van der Waals surface area contributed by atoms with Crippen LogP contribution in [0.2, 0.25) is 5.02 Å². The van der Waals surface area contributed by atoms with Gasteiger partial charge in [-0.15, -0.1) is 11.3 Å². The zero-order valence-electron chi connectivity index (χ0n) is 9.37. The van der Waals surface area contributed by atoms with Crippen molar-refractivity contribution in [1.29, 1.82) is 0 Å². The van der Waals surface area contributed by atoms with E-state index >= 15 is 0 Å². The molecule has 2 aromatic rings. The first-order valence-electron chi connectivity index (χ1n) is 5.10. The first-order chi connectivity index (χ1) is 8.00. The summed E-state index contributed by atoms with van der Waals surface area (Å²) in [5, 5.41) is 10.2. The van der Waals surface area contributed by atoms with E-state index < -0.39 is 11.9 Å². The van der Waals surface area contributed by atoms with Crippen molar-refractivity contribution in [3.8, 4) is 10.6 Å². The summed E-state index contributed by atoms with van der Waals surface area (Å²) in [5.74, 6) is -0.472. The maximum Gasteiger partial charge on any atom is 0.152 e. The van der Waals surface area contributed by atoms with Crippen molar-refractivity contribution in [2.24, 2.45) is 0 Å². The summed E-state index contributed by atoms with van der Waals surface area (Å²) in [6.45, 7) is 3.46. The van der Waals surface area contributed by atoms with Gasteiger partial charge in [-0.2, -0.15) is 0 Å². The van der Waals surface area contributed by atoms with Crippen LogP contribution in [0.25, 0.3) is 10.6 Å². The van der Waals surface area contributed by atoms with Crippen LogP contribution in [0.4, 0.5) is 4.39 Å². The fraction of sp³-hybridized carbons (Fsp3) is 0.250. The quantitative estimate of drug-likeness (QED) is 0.897. The molecule has 0 bridgehead atoms. The van der Waals surface area contributed by atoms with Crippen molar-refractivity contribution in [3.05, 3.63) is 39.6 Å². The van der Waals surface area contributed by atoms with E-state index in [9.17, 15) is 9.50 Å². The predicted molar refractivity (Wildman–Crippen MR) is 67.9 cm³/mol. The smallest absolute Gasteiger partial charge is 0.152 e. The number of nitrogens with zero attached hydrogens (tertiary/aromatic N) is 1. The van der Waals surface area contributed by atoms with Crippen LogP contribution in [-0.4, -0.2) is 10.1 Å². The monoisotopic (exact) mass is 271 g/mol. The molecule has 1 aromatic heterocycles. The maximum absolute atomic E-state index is 13.8. The molecule has 0 saturated carbocycles. The number of aliphatic hydroxyl groups excluding tert-OH is 1. The Morgan fingerprint density at radius 1 is 1.47 bits per heavy atom. The second-order valence-corrected chi connectivity index (χ2v) is 5.18. The molecule has 1 heterocycles. The second kappa shape index (κ2) is 4.72. The molecule has 0 spiro atoms. The Labute approximate surface area is 108 Å². The van der Waals surface area contributed by atoms with Gasteiger partial charge in [0, 0.05) is 5.56 Å². The minimum absolute atomic E-state index is 0.0777. The lowest BCUT2D eigenvalue weighted by atomic mass is 10.2. The first kappa shape index (κ1) is 12.5. The highest BCUT2D eigenvalue weighted by Gasteiger charge is 2.16. The third-order valence-electron chi connectivity index (χ3n) is 2.39. The summed E-state index contributed by atoms with van der Waals surface area (Å²) < 4.78 is 13.8. The minimum Gasteiger partial charge on any atom is -0.388 e. The van der Waals surface area contributed by atoms with Gasteiger partial charge in [0.1, 0.15) is 5.01 Å². The third kappa shape index (κ3) is 2.34. The largest absolute Gasteiger partial charge is 0.388 e. The van der Waals surface area contributed by atoms with E-state index in [1.54, 1.807) is 26.0 Å². The van der Waals surface area contributed by atoms with Gasteiger partial charge in [0.2, 0.25) is 0 Å². The van der Waals surface area contributed by atoms with Gasteiger partial charge in [0.15, 0.2) is 5.82 Å². The van der Waals surface area contributed by atoms with Crippen LogP contribution in [0, 0.1) is 12.7 Å². The van der Waals surface area contributed by atoms with Crippen LogP contribution in [0.15, 0.2) is 18.2 Å². The highest BCUT2D eigenvalue weighted by molar-refractivity contribution is 7.15. The Hall–Kier alpha value is -0.970. The molecule has 90 valence electrons. The van der Waals surface area contributed by atoms with E-state index in [0.29, 0.717) is 10.6 Å². The number of hydrogen-bond acceptors (Lipinski definition) is 3. The van der Waals surface area contributed by atoms with Gasteiger partial charge >= 0.3 is 0 Å². The Morgan fingerprint density at radius 2 is 2.18 bits per heavy atom. The predicted octanol–water partition coefficient (Wildman–Crippen LogP) is 3.96. The average Bonchev–Trinajstić information content (AvgIpc) is 2.64. The van der Waals surface area contributed by atoms with Gasteiger partial charge in [0.05, 0.1) is 21.7 Å². The van der Waals surface area contributed by atoms with Crippen molar-refractivity contribution in [1.82, 2.24) is 4.98 Å². The standard InChI is InChI=1S/C12H11ClFNOS/c1-6-11(7(2)16)17-12(15-6)8-4-3-5-9(13)10(8)14/h3-5,7,16H,1-2H3. The van der Waals surface area contributed by atoms with E-state index in [2.05, 4.69) is 4.98 Å². The van der Waals surface area contributed by atoms with Gasteiger partial charge in [-0.25, -0.2) is 9.37 Å². The van der Waals surface area contributed by atoms with Gasteiger partial charge in [-0.3, -0.25) is 0 Å². The molecule has 0 radical (unpaired) electrons. The number of aromatic nitrogens is 1. The molecule has 0 amide bonds. The van der Waals surface area contributed by atoms with Gasteiger partial charge in [-0.05, 0) is 26.0 Å². The fourth-order valence-electron chi connectivity index (χ4n) is 1.58. The van der Waals surface area contributed by atoms with Crippen LogP contribution >= 0.6 is 22.9 Å². The maximum atomic E-state index is 13.8. The van der Waals surface area contributed by atoms with Crippen molar-refractivity contribution in [3.63, 3.8) is 0 Å². The van der Waals surface area contributed by atoms with Crippen LogP contribution in [0.5, 0.6) is 0 Å². The Kier molecular flexibility index (Phi) is 3.47. The molecule has 1 atom stereocenters. The van der Waals surface area contributed by atoms with Crippen molar-refractivity contribution in [2.45, 2.75) is 20.0 Å². The molecule has 1 N–H and O–H groups in total. The Morgan fingerprint density at radius 3 is 2.76 bits per heavy atom. The number of halogens is 2. The molecule has 0 aliphatic rings. The average molecular weight is 272 g/mol. The lowest BCUT2D eigenvalue weighted by molar-refractivity contribution is 0.202. The molecule has 0 saturated heterocycles. The van der Waals surface area contributed by atoms with E-state index in [1.807, 2.05) is 0 Å². The summed E-state index contributed by atoms with van der Waals surface area (Å²) in [6.07, 6.45) is -0.594. The lowest BCUT2D eigenvalue weighted by Crippen LogP contribution is -1.88. The Bertz CT molecular complexity index is 553. The van der Waals surface area contributed by atoms with E-state index in [1.165, 1.54) is 17.4 Å². The first-order valence-corrected chi connectivity index (χ1v) is 6.30. The zero-order chi connectivity index (χ0) is 12.6. The number of thiazole rings is 1. The molecule has 0 aliphatic carbocycles. The highest BCUT2D eigenvalue weighted by atomic mass is 35.5. The molecule has 2 rings (SSSR count). The van der Waals surface area contributed by atoms with E-state index in [-0.39, 0.29) is 5.02 Å². The van der Waals surface area contributed by atoms with Crippen molar-refractivity contribution in [2.75, 3.05) is 0 Å². The molecular formula is C12H11ClFNOS. The molecular weight excluding hydrogens is 261 g/mol. The number of benzene rings is 1. The summed E-state index contributed by atoms with van der Waals surface area (Å²) in [5.41, 5.74) is 1.09. The van der Waals surface area contributed by atoms with Crippen LogP contribution in [0.3, 0.4) is 0 Å². The molecule has 1 unspecified atom stereocenters. The van der Waals surface area contributed by atoms with Gasteiger partial charge in [-0.1, -0.05) is 17.7 Å². The third-order valence-corrected chi connectivity index (χ3v) is 4.05. The van der Waals surface area contributed by atoms with Crippen molar-refractivity contribution >= 4 is 22.9 Å². The highest BCUT2D eigenvalue weighted by Crippen LogP contribution is 2.34. The number of aryl methyl sites for hydroxylation is 1. The van der Waals surface area contributed by atoms with Gasteiger partial charge < -0.3 is 5.11 Å². The molecule has 5 heteroatoms. The van der Waals surface area contributed by atoms with Crippen LogP contribution in [0.1, 0.15) is 23.6 Å². The van der Waals surface area contributed by atoms with Crippen molar-refractivity contribution < 1.29 is 9.50 Å². The molecule has 0 fully saturated rings. The molecule has 2 nitrogen and oxygen atoms in total. The van der Waals surface area contributed by atoms with Gasteiger partial charge in [0.25, 0.3) is 0 Å². The summed E-state index contributed by atoms with van der Waals surface area (Å²) in [6, 6.07) is 4.81. The zero-order valence-corrected chi connectivity index (χ0v) is 10.9. The topological polar surface area (TPSA) is 33.1 Å². The van der Waals surface area contributed by atoms with Crippen LogP contribution < -0.4 is 0 Å². The van der Waals surface area contributed by atoms with E-state index in [4.69, 9.17) is 11.6 Å². The second-order valence-electron chi connectivity index (χ2n) is 3.75. The molecule has 0 aliphatic heterocycles. The Balaban J connectivity index is 2.54. The lowest BCUT2D eigenvalue weighted by Gasteiger charge is -2.00. The normalized spacial score (nSPS) is 12.8. The van der Waals surface area contributed by atoms with Crippen LogP contribution in [-0.2, 0) is 0 Å². The number of hydrogen-bond donors (Lipinski definition) is 1. The SMILES string of the molecule is Cc1nc(-c2cccc(Cl)c2F)sc1C(C)O. The number of rotatable bonds is 2. The number of aliphatic hydroxyl groups is 1. The summed E-state index contributed by atoms with van der Waals surface area (Å²) >= 11 is 7.01. The van der Waals surface area contributed by atoms with E-state index in [0.717, 1.165) is 10.6 Å². The summed E-state index contributed by atoms with van der Waals surface area (Å²) in [7, 11) is 0. The molecule has 1 aromatic carbocycles.